The molecular formula is C19H20ClN5O2. The van der Waals surface area contributed by atoms with E-state index in [0.29, 0.717) is 11.6 Å². The van der Waals surface area contributed by atoms with E-state index in [2.05, 4.69) is 19.9 Å². The van der Waals surface area contributed by atoms with E-state index < -0.39 is 6.09 Å². The summed E-state index contributed by atoms with van der Waals surface area (Å²) in [4.78, 5) is 22.8. The molecule has 1 N–H and O–H groups in total. The lowest BCUT2D eigenvalue weighted by Gasteiger charge is -2.19. The molecule has 27 heavy (non-hydrogen) atoms. The molecule has 8 heteroatoms. The predicted molar refractivity (Wildman–Crippen MR) is 105 cm³/mol. The smallest absolute Gasteiger partial charge is 0.407 e. The van der Waals surface area contributed by atoms with Crippen LogP contribution in [0.2, 0.25) is 5.02 Å². The first kappa shape index (κ1) is 17.6. The standard InChI is InChI=1S/C19H20ClN5O2/c1-24-16-6-4-3-5-15(16)23-18(24)13-9-17(21-10-14(13)20)25-8-7-12(11-25)22-19(26)27-2/h3-6,9-10,12H,7-8,11H2,1-2H3,(H,22,26). The van der Waals surface area contributed by atoms with Gasteiger partial charge in [0.1, 0.15) is 11.6 Å². The molecule has 3 heterocycles. The van der Waals surface area contributed by atoms with Crippen molar-refractivity contribution in [3.8, 4) is 11.4 Å². The second kappa shape index (κ2) is 7.08. The molecule has 1 amide bonds. The third-order valence-electron chi connectivity index (χ3n) is 4.89. The van der Waals surface area contributed by atoms with Crippen LogP contribution in [0, 0.1) is 0 Å². The molecule has 0 saturated carbocycles. The monoisotopic (exact) mass is 385 g/mol. The lowest BCUT2D eigenvalue weighted by Crippen LogP contribution is -2.37. The number of nitrogens with one attached hydrogen (secondary N) is 1. The lowest BCUT2D eigenvalue weighted by atomic mass is 10.2. The number of hydrogen-bond donors (Lipinski definition) is 1. The van der Waals surface area contributed by atoms with Gasteiger partial charge in [0.25, 0.3) is 0 Å². The lowest BCUT2D eigenvalue weighted by molar-refractivity contribution is 0.167. The third-order valence-corrected chi connectivity index (χ3v) is 5.19. The number of pyridine rings is 1. The molecule has 140 valence electrons. The van der Waals surface area contributed by atoms with Crippen molar-refractivity contribution in [2.45, 2.75) is 12.5 Å². The molecule has 1 aliphatic rings. The van der Waals surface area contributed by atoms with E-state index in [1.807, 2.05) is 41.9 Å². The number of rotatable bonds is 3. The van der Waals surface area contributed by atoms with Gasteiger partial charge < -0.3 is 19.5 Å². The highest BCUT2D eigenvalue weighted by Gasteiger charge is 2.26. The minimum absolute atomic E-state index is 0.0362. The predicted octanol–water partition coefficient (Wildman–Crippen LogP) is 3.22. The number of imidazole rings is 1. The molecule has 4 rings (SSSR count). The van der Waals surface area contributed by atoms with Crippen LogP contribution in [0.3, 0.4) is 0 Å². The van der Waals surface area contributed by atoms with Crippen LogP contribution < -0.4 is 10.2 Å². The van der Waals surface area contributed by atoms with Crippen LogP contribution in [0.15, 0.2) is 36.5 Å². The molecular weight excluding hydrogens is 366 g/mol. The summed E-state index contributed by atoms with van der Waals surface area (Å²) in [5, 5.41) is 3.40. The molecule has 3 aromatic rings. The topological polar surface area (TPSA) is 72.3 Å². The van der Waals surface area contributed by atoms with Crippen molar-refractivity contribution in [2.75, 3.05) is 25.1 Å². The number of alkyl carbamates (subject to hydrolysis) is 1. The summed E-state index contributed by atoms with van der Waals surface area (Å²) in [6, 6.07) is 9.98. The van der Waals surface area contributed by atoms with E-state index in [0.717, 1.165) is 41.2 Å². The first-order valence-corrected chi connectivity index (χ1v) is 9.11. The molecule has 7 nitrogen and oxygen atoms in total. The van der Waals surface area contributed by atoms with E-state index >= 15 is 0 Å². The highest BCUT2D eigenvalue weighted by Crippen LogP contribution is 2.32. The number of para-hydroxylation sites is 2. The average Bonchev–Trinajstić information content (AvgIpc) is 3.27. The molecule has 1 saturated heterocycles. The molecule has 2 aromatic heterocycles. The van der Waals surface area contributed by atoms with Crippen molar-refractivity contribution in [2.24, 2.45) is 7.05 Å². The van der Waals surface area contributed by atoms with E-state index in [4.69, 9.17) is 16.6 Å². The summed E-state index contributed by atoms with van der Waals surface area (Å²) in [5.74, 6) is 1.61. The SMILES string of the molecule is COC(=O)NC1CCN(c2cc(-c3nc4ccccc4n3C)c(Cl)cn2)C1. The Morgan fingerprint density at radius 3 is 2.96 bits per heavy atom. The number of aromatic nitrogens is 3. The number of benzene rings is 1. The van der Waals surface area contributed by atoms with Gasteiger partial charge in [0.2, 0.25) is 0 Å². The number of aryl methyl sites for hydroxylation is 1. The minimum atomic E-state index is -0.411. The van der Waals surface area contributed by atoms with Gasteiger partial charge in [-0.05, 0) is 24.6 Å². The number of nitrogens with zero attached hydrogens (tertiary/aromatic N) is 4. The van der Waals surface area contributed by atoms with E-state index in [-0.39, 0.29) is 6.04 Å². The van der Waals surface area contributed by atoms with Gasteiger partial charge in [0.15, 0.2) is 0 Å². The summed E-state index contributed by atoms with van der Waals surface area (Å²) in [5.41, 5.74) is 2.81. The fourth-order valence-electron chi connectivity index (χ4n) is 3.47. The molecule has 1 aromatic carbocycles. The van der Waals surface area contributed by atoms with Crippen LogP contribution in [0.1, 0.15) is 6.42 Å². The molecule has 0 bridgehead atoms. The molecule has 1 unspecified atom stereocenters. The zero-order chi connectivity index (χ0) is 19.0. The highest BCUT2D eigenvalue weighted by molar-refractivity contribution is 6.33. The van der Waals surface area contributed by atoms with Gasteiger partial charge in [-0.1, -0.05) is 23.7 Å². The summed E-state index contributed by atoms with van der Waals surface area (Å²) < 4.78 is 6.71. The van der Waals surface area contributed by atoms with Crippen molar-refractivity contribution in [3.05, 3.63) is 41.6 Å². The third kappa shape index (κ3) is 3.30. The van der Waals surface area contributed by atoms with Gasteiger partial charge >= 0.3 is 6.09 Å². The second-order valence-electron chi connectivity index (χ2n) is 6.57. The molecule has 1 fully saturated rings. The fraction of sp³-hybridized carbons (Fsp3) is 0.316. The van der Waals surface area contributed by atoms with E-state index in [9.17, 15) is 4.79 Å². The van der Waals surface area contributed by atoms with Crippen LogP contribution in [0.4, 0.5) is 10.6 Å². The van der Waals surface area contributed by atoms with E-state index in [1.165, 1.54) is 7.11 Å². The van der Waals surface area contributed by atoms with Crippen LogP contribution in [-0.4, -0.2) is 46.9 Å². The summed E-state index contributed by atoms with van der Waals surface area (Å²) >= 11 is 6.45. The highest BCUT2D eigenvalue weighted by atomic mass is 35.5. The molecule has 1 aliphatic heterocycles. The Kier molecular flexibility index (Phi) is 4.61. The van der Waals surface area contributed by atoms with Gasteiger partial charge in [-0.3, -0.25) is 0 Å². The van der Waals surface area contributed by atoms with Crippen molar-refractivity contribution in [1.29, 1.82) is 0 Å². The Bertz CT molecular complexity index is 1000. The second-order valence-corrected chi connectivity index (χ2v) is 6.98. The van der Waals surface area contributed by atoms with Crippen LogP contribution in [0.25, 0.3) is 22.4 Å². The Balaban J connectivity index is 1.64. The Labute approximate surface area is 161 Å². The summed E-state index contributed by atoms with van der Waals surface area (Å²) in [6.07, 6.45) is 2.08. The number of fused-ring (bicyclic) bond motifs is 1. The van der Waals surface area contributed by atoms with Crippen LogP contribution in [0.5, 0.6) is 0 Å². The number of anilines is 1. The molecule has 0 radical (unpaired) electrons. The largest absolute Gasteiger partial charge is 0.453 e. The van der Waals surface area contributed by atoms with Gasteiger partial charge in [0, 0.05) is 31.9 Å². The number of ether oxygens (including phenoxy) is 1. The normalized spacial score (nSPS) is 16.7. The minimum Gasteiger partial charge on any atom is -0.453 e. The first-order valence-electron chi connectivity index (χ1n) is 8.73. The number of carbonyl (C=O) groups is 1. The van der Waals surface area contributed by atoms with Crippen molar-refractivity contribution >= 4 is 34.5 Å². The number of amides is 1. The van der Waals surface area contributed by atoms with Crippen molar-refractivity contribution in [3.63, 3.8) is 0 Å². The van der Waals surface area contributed by atoms with Crippen molar-refractivity contribution in [1.82, 2.24) is 19.9 Å². The molecule has 0 aliphatic carbocycles. The molecule has 0 spiro atoms. The quantitative estimate of drug-likeness (QED) is 0.749. The fourth-order valence-corrected chi connectivity index (χ4v) is 3.66. The Morgan fingerprint density at radius 2 is 2.19 bits per heavy atom. The van der Waals surface area contributed by atoms with Gasteiger partial charge in [-0.2, -0.15) is 0 Å². The Hall–Kier alpha value is -2.80. The maximum absolute atomic E-state index is 11.4. The number of hydrogen-bond acceptors (Lipinski definition) is 5. The Morgan fingerprint density at radius 1 is 1.37 bits per heavy atom. The average molecular weight is 386 g/mol. The van der Waals surface area contributed by atoms with Crippen LogP contribution >= 0.6 is 11.6 Å². The molecule has 1 atom stereocenters. The zero-order valence-electron chi connectivity index (χ0n) is 15.1. The summed E-state index contributed by atoms with van der Waals surface area (Å²) in [6.45, 7) is 1.47. The maximum Gasteiger partial charge on any atom is 0.407 e. The van der Waals surface area contributed by atoms with Gasteiger partial charge in [0.05, 0.1) is 29.2 Å². The van der Waals surface area contributed by atoms with Crippen molar-refractivity contribution < 1.29 is 9.53 Å². The number of halogens is 1. The van der Waals surface area contributed by atoms with E-state index in [1.54, 1.807) is 6.20 Å². The van der Waals surface area contributed by atoms with Gasteiger partial charge in [-0.25, -0.2) is 14.8 Å². The number of carbonyl (C=O) groups excluding carboxylic acids is 1. The summed E-state index contributed by atoms with van der Waals surface area (Å²) in [7, 11) is 3.35. The zero-order valence-corrected chi connectivity index (χ0v) is 15.9. The first-order chi connectivity index (χ1) is 13.1. The maximum atomic E-state index is 11.4. The number of methoxy groups -OCH3 is 1. The van der Waals surface area contributed by atoms with Gasteiger partial charge in [-0.15, -0.1) is 0 Å². The van der Waals surface area contributed by atoms with Crippen LogP contribution in [-0.2, 0) is 11.8 Å².